The van der Waals surface area contributed by atoms with Crippen LogP contribution in [0.3, 0.4) is 0 Å². The van der Waals surface area contributed by atoms with E-state index in [9.17, 15) is 38.4 Å². The van der Waals surface area contributed by atoms with Gasteiger partial charge in [0.15, 0.2) is 0 Å². The molecule has 0 fully saturated rings. The summed E-state index contributed by atoms with van der Waals surface area (Å²) in [5.74, 6) is -5.25. The highest BCUT2D eigenvalue weighted by molar-refractivity contribution is 5.89. The second-order valence-electron chi connectivity index (χ2n) is 17.9. The Morgan fingerprint density at radius 2 is 0.412 bits per heavy atom. The lowest BCUT2D eigenvalue weighted by atomic mass is 9.92. The van der Waals surface area contributed by atoms with Crippen LogP contribution in [-0.2, 0) is 76.3 Å². The first-order valence-electron chi connectivity index (χ1n) is 23.2. The molecule has 16 heteroatoms. The van der Waals surface area contributed by atoms with Gasteiger partial charge in [-0.25, -0.2) is 28.8 Å². The van der Waals surface area contributed by atoms with Crippen LogP contribution in [0.25, 0.3) is 0 Å². The fourth-order valence-corrected chi connectivity index (χ4v) is 5.82. The average Bonchev–Trinajstić information content (AvgIpc) is 3.29. The first-order chi connectivity index (χ1) is 32.0. The maximum Gasteiger partial charge on any atom is 0.333 e. The SMILES string of the molecule is C=C(C)C(=O)OCC(COC(=O)CCCCCCCCCCCCCCCCC(=O)OCC(COC(=O)C(=C)C)(COC(=O)C(=C)C)COC(=O)C(=C)C)(COC(=O)C(=C)C)COC(=O)C(=C)C. The van der Waals surface area contributed by atoms with Gasteiger partial charge in [-0.05, 0) is 54.4 Å². The van der Waals surface area contributed by atoms with E-state index >= 15 is 0 Å². The van der Waals surface area contributed by atoms with E-state index in [0.717, 1.165) is 77.0 Å². The summed E-state index contributed by atoms with van der Waals surface area (Å²) in [5, 5.41) is 0. The van der Waals surface area contributed by atoms with Crippen molar-refractivity contribution in [2.24, 2.45) is 10.8 Å². The summed E-state index contributed by atoms with van der Waals surface area (Å²) in [6.07, 6.45) is 14.0. The normalized spacial score (nSPS) is 11.0. The van der Waals surface area contributed by atoms with E-state index in [2.05, 4.69) is 39.5 Å². The van der Waals surface area contributed by atoms with Gasteiger partial charge < -0.3 is 37.9 Å². The Morgan fingerprint density at radius 3 is 0.574 bits per heavy atom. The Bertz CT molecular complexity index is 1510. The molecule has 0 aliphatic carbocycles. The molecule has 0 saturated carbocycles. The van der Waals surface area contributed by atoms with Gasteiger partial charge in [-0.15, -0.1) is 0 Å². The van der Waals surface area contributed by atoms with Crippen LogP contribution in [0.1, 0.15) is 144 Å². The fraction of sp³-hybridized carbons (Fsp3) is 0.615. The van der Waals surface area contributed by atoms with Crippen molar-refractivity contribution >= 4 is 47.8 Å². The zero-order valence-corrected chi connectivity index (χ0v) is 41.7. The third-order valence-electron chi connectivity index (χ3n) is 10.2. The van der Waals surface area contributed by atoms with Crippen molar-refractivity contribution in [2.75, 3.05) is 52.9 Å². The number of hydrogen-bond acceptors (Lipinski definition) is 16. The van der Waals surface area contributed by atoms with E-state index in [1.165, 1.54) is 41.5 Å². The molecule has 0 N–H and O–H groups in total. The van der Waals surface area contributed by atoms with Crippen molar-refractivity contribution < 1.29 is 76.3 Å². The van der Waals surface area contributed by atoms with Gasteiger partial charge in [0.25, 0.3) is 0 Å². The molecule has 0 aromatic carbocycles. The van der Waals surface area contributed by atoms with E-state index < -0.39 is 58.6 Å². The summed E-state index contributed by atoms with van der Waals surface area (Å²) < 4.78 is 43.1. The molecule has 0 aromatic heterocycles. The van der Waals surface area contributed by atoms with E-state index in [4.69, 9.17) is 37.9 Å². The second-order valence-corrected chi connectivity index (χ2v) is 17.9. The van der Waals surface area contributed by atoms with Crippen LogP contribution in [0.2, 0.25) is 0 Å². The summed E-state index contributed by atoms with van der Waals surface area (Å²) in [5.41, 5.74) is -2.01. The third-order valence-corrected chi connectivity index (χ3v) is 10.2. The van der Waals surface area contributed by atoms with Gasteiger partial charge in [-0.3, -0.25) is 9.59 Å². The van der Waals surface area contributed by atoms with Crippen molar-refractivity contribution in [3.8, 4) is 0 Å². The Hall–Kier alpha value is -5.80. The molecule has 0 radical (unpaired) electrons. The van der Waals surface area contributed by atoms with Crippen LogP contribution in [0.15, 0.2) is 72.9 Å². The number of rotatable bonds is 39. The van der Waals surface area contributed by atoms with Crippen LogP contribution in [0.4, 0.5) is 0 Å². The molecule has 0 aliphatic rings. The lowest BCUT2D eigenvalue weighted by Gasteiger charge is -2.31. The van der Waals surface area contributed by atoms with E-state index in [0.29, 0.717) is 12.8 Å². The largest absolute Gasteiger partial charge is 0.465 e. The highest BCUT2D eigenvalue weighted by Gasteiger charge is 2.39. The van der Waals surface area contributed by atoms with Crippen LogP contribution >= 0.6 is 0 Å². The molecule has 382 valence electrons. The van der Waals surface area contributed by atoms with Crippen molar-refractivity contribution in [3.05, 3.63) is 72.9 Å². The molecule has 0 amide bonds. The van der Waals surface area contributed by atoms with Crippen molar-refractivity contribution in [3.63, 3.8) is 0 Å². The van der Waals surface area contributed by atoms with Crippen molar-refractivity contribution in [1.82, 2.24) is 0 Å². The zero-order valence-electron chi connectivity index (χ0n) is 41.7. The van der Waals surface area contributed by atoms with Gasteiger partial charge in [-0.1, -0.05) is 117 Å². The highest BCUT2D eigenvalue weighted by atomic mass is 16.6. The second kappa shape index (κ2) is 34.5. The molecule has 0 aromatic rings. The van der Waals surface area contributed by atoms with E-state index in [1.807, 2.05) is 0 Å². The molecule has 68 heavy (non-hydrogen) atoms. The standard InChI is InChI=1S/C52H78O16/c1-37(2)45(55)63-31-51(32-64-46(56)38(3)4,33-65-47(57)39(5)6)29-61-43(53)27-25-23-21-19-17-15-13-14-16-18-20-22-24-26-28-44(54)62-30-52(34-66-48(58)40(7)8,35-67-49(59)41(9)10)36-68-50(60)42(11)12/h1,3,5,7,9,11,13-36H2,2,4,6,8,10,12H3. The summed E-state index contributed by atoms with van der Waals surface area (Å²) >= 11 is 0. The highest BCUT2D eigenvalue weighted by Crippen LogP contribution is 2.25. The lowest BCUT2D eigenvalue weighted by molar-refractivity contribution is -0.170. The molecule has 0 unspecified atom stereocenters. The van der Waals surface area contributed by atoms with Gasteiger partial charge in [0.2, 0.25) is 0 Å². The number of carbonyl (C=O) groups is 8. The molecule has 0 heterocycles. The smallest absolute Gasteiger partial charge is 0.333 e. The summed E-state index contributed by atoms with van der Waals surface area (Å²) in [6, 6.07) is 0. The lowest BCUT2D eigenvalue weighted by Crippen LogP contribution is -2.44. The van der Waals surface area contributed by atoms with E-state index in [-0.39, 0.29) is 99.1 Å². The summed E-state index contributed by atoms with van der Waals surface area (Å²) in [7, 11) is 0. The van der Waals surface area contributed by atoms with Crippen molar-refractivity contribution in [1.29, 1.82) is 0 Å². The number of hydrogen-bond donors (Lipinski definition) is 0. The minimum Gasteiger partial charge on any atom is -0.465 e. The van der Waals surface area contributed by atoms with Gasteiger partial charge in [0.05, 0.1) is 0 Å². The number of unbranched alkanes of at least 4 members (excludes halogenated alkanes) is 13. The molecule has 16 nitrogen and oxygen atoms in total. The first-order valence-corrected chi connectivity index (χ1v) is 23.2. The van der Waals surface area contributed by atoms with Gasteiger partial charge >= 0.3 is 47.8 Å². The Labute approximate surface area is 403 Å². The molecule has 0 rings (SSSR count). The van der Waals surface area contributed by atoms with Gasteiger partial charge in [0.1, 0.15) is 63.7 Å². The molecule has 0 saturated heterocycles. The molecular weight excluding hydrogens is 881 g/mol. The third kappa shape index (κ3) is 29.1. The van der Waals surface area contributed by atoms with Gasteiger partial charge in [-0.2, -0.15) is 0 Å². The van der Waals surface area contributed by atoms with Crippen molar-refractivity contribution in [2.45, 2.75) is 144 Å². The van der Waals surface area contributed by atoms with Crippen LogP contribution in [0.5, 0.6) is 0 Å². The summed E-state index contributed by atoms with van der Waals surface area (Å²) in [4.78, 5) is 98.8. The molecule has 0 bridgehead atoms. The molecule has 0 atom stereocenters. The molecule has 0 spiro atoms. The first kappa shape index (κ1) is 62.2. The van der Waals surface area contributed by atoms with Gasteiger partial charge in [0, 0.05) is 46.3 Å². The topological polar surface area (TPSA) is 210 Å². The predicted molar refractivity (Wildman–Crippen MR) is 255 cm³/mol. The minimum absolute atomic E-state index is 0.129. The quantitative estimate of drug-likeness (QED) is 0.0243. The van der Waals surface area contributed by atoms with Crippen LogP contribution < -0.4 is 0 Å². The minimum atomic E-state index is -1.39. The number of esters is 8. The molecule has 0 aliphatic heterocycles. The predicted octanol–water partition coefficient (Wildman–Crippen LogP) is 9.00. The Morgan fingerprint density at radius 1 is 0.265 bits per heavy atom. The Balaban J connectivity index is 4.63. The fourth-order valence-electron chi connectivity index (χ4n) is 5.82. The molecular formula is C52H78O16. The number of ether oxygens (including phenoxy) is 8. The van der Waals surface area contributed by atoms with E-state index in [1.54, 1.807) is 0 Å². The van der Waals surface area contributed by atoms with Crippen LogP contribution in [-0.4, -0.2) is 101 Å². The Kier molecular flexibility index (Phi) is 31.5. The maximum atomic E-state index is 12.7. The van der Waals surface area contributed by atoms with Crippen LogP contribution in [0, 0.1) is 10.8 Å². The average molecular weight is 959 g/mol. The number of carbonyl (C=O) groups excluding carboxylic acids is 8. The summed E-state index contributed by atoms with van der Waals surface area (Å²) in [6.45, 7) is 27.2. The zero-order chi connectivity index (χ0) is 51.7. The maximum absolute atomic E-state index is 12.7. The monoisotopic (exact) mass is 959 g/mol.